The molecule has 0 heterocycles. The average Bonchev–Trinajstić information content (AvgIpc) is 0.722. The standard InChI is InChI=1S/2Ca.2H2O.2O.W.4H/h;;2*1H2;;;;;;;/q;;;;;;+2;;;;/p-2. The number of hydrogen-bond donors (Lipinski definition) is 2. The van der Waals surface area contributed by atoms with Gasteiger partial charge >= 0.3 is 107 Å². The zero-order valence-corrected chi connectivity index (χ0v) is 5.05. The van der Waals surface area contributed by atoms with Gasteiger partial charge in [-0.3, -0.25) is 0 Å². The molecule has 0 fully saturated rings. The molecule has 0 rings (SSSR count). The van der Waals surface area contributed by atoms with Gasteiger partial charge in [-0.25, -0.2) is 0 Å². The van der Waals surface area contributed by atoms with Crippen molar-refractivity contribution >= 4 is 75.5 Å². The Morgan fingerprint density at radius 3 is 1.00 bits per heavy atom. The van der Waals surface area contributed by atoms with E-state index < -0.39 is 16.7 Å². The van der Waals surface area contributed by atoms with Crippen LogP contribution in [0.4, 0.5) is 0 Å². The molecule has 7 heteroatoms. The fourth-order valence-corrected chi connectivity index (χ4v) is 0. The third-order valence-corrected chi connectivity index (χ3v) is 0. The Labute approximate surface area is 104 Å². The van der Waals surface area contributed by atoms with Gasteiger partial charge in [0.25, 0.3) is 0 Å². The van der Waals surface area contributed by atoms with E-state index in [9.17, 15) is 0 Å². The molecule has 0 unspecified atom stereocenters. The molecule has 2 N–H and O–H groups in total. The molecular weight excluding hydrogens is 328 g/mol. The number of rotatable bonds is 0. The van der Waals surface area contributed by atoms with Crippen molar-refractivity contribution in [3.63, 3.8) is 0 Å². The Balaban J connectivity index is -0.0000000800. The molecule has 0 saturated heterocycles. The van der Waals surface area contributed by atoms with Crippen LogP contribution in [0.3, 0.4) is 0 Å². The van der Waals surface area contributed by atoms with E-state index in [2.05, 4.69) is 0 Å². The molecular formula is H6Ca2O4W. The van der Waals surface area contributed by atoms with Gasteiger partial charge in [0, 0.05) is 0 Å². The molecule has 0 spiro atoms. The van der Waals surface area contributed by atoms with Crippen LogP contribution in [0.2, 0.25) is 0 Å². The topological polar surface area (TPSA) is 74.6 Å². The molecule has 7 heavy (non-hydrogen) atoms. The van der Waals surface area contributed by atoms with Crippen LogP contribution in [0.15, 0.2) is 0 Å². The zero-order chi connectivity index (χ0) is 4.50. The van der Waals surface area contributed by atoms with Crippen LogP contribution in [0.1, 0.15) is 0 Å². The van der Waals surface area contributed by atoms with E-state index >= 15 is 0 Å². The van der Waals surface area contributed by atoms with Gasteiger partial charge in [-0.05, 0) is 0 Å². The second kappa shape index (κ2) is 6.84. The summed E-state index contributed by atoms with van der Waals surface area (Å²) in [5, 5.41) is 0. The first kappa shape index (κ1) is 16.4. The molecule has 4 nitrogen and oxygen atoms in total. The van der Waals surface area contributed by atoms with Crippen LogP contribution >= 0.6 is 0 Å². The summed E-state index contributed by atoms with van der Waals surface area (Å²) in [5.74, 6) is 0. The van der Waals surface area contributed by atoms with Crippen LogP contribution < -0.4 is 0 Å². The molecule has 0 aliphatic heterocycles. The van der Waals surface area contributed by atoms with Crippen molar-refractivity contribution in [3.8, 4) is 0 Å². The van der Waals surface area contributed by atoms with E-state index in [1.165, 1.54) is 0 Å². The van der Waals surface area contributed by atoms with Crippen molar-refractivity contribution < 1.29 is 31.1 Å². The minimum absolute atomic E-state index is 0. The third kappa shape index (κ3) is 53.1. The van der Waals surface area contributed by atoms with E-state index in [1.807, 2.05) is 0 Å². The Kier molecular flexibility index (Phi) is 16.0. The fourth-order valence-electron chi connectivity index (χ4n) is 0. The molecule has 0 aromatic rings. The predicted molar refractivity (Wildman–Crippen MR) is 22.9 cm³/mol. The first-order chi connectivity index (χ1) is 2.00. The summed E-state index contributed by atoms with van der Waals surface area (Å²) >= 11 is -5.67. The van der Waals surface area contributed by atoms with Gasteiger partial charge in [-0.1, -0.05) is 0 Å². The summed E-state index contributed by atoms with van der Waals surface area (Å²) < 4.78 is 32.1. The Hall–Kier alpha value is 2.73. The van der Waals surface area contributed by atoms with Gasteiger partial charge in [0.15, 0.2) is 0 Å². The number of hydrogen-bond acceptors (Lipinski definition) is 2. The molecule has 0 atom stereocenters. The van der Waals surface area contributed by atoms with Crippen molar-refractivity contribution in [2.75, 3.05) is 0 Å². The summed E-state index contributed by atoms with van der Waals surface area (Å²) in [6.45, 7) is 0. The van der Waals surface area contributed by atoms with Crippen LogP contribution in [0.25, 0.3) is 0 Å². The molecule has 0 saturated carbocycles. The molecule has 0 aromatic carbocycles. The summed E-state index contributed by atoms with van der Waals surface area (Å²) in [7, 11) is 0. The molecule has 0 aliphatic carbocycles. The fraction of sp³-hybridized carbons (Fsp3) is 0. The molecule has 40 valence electrons. The van der Waals surface area contributed by atoms with Crippen LogP contribution in [-0.4, -0.2) is 83.0 Å². The Morgan fingerprint density at radius 1 is 1.00 bits per heavy atom. The van der Waals surface area contributed by atoms with E-state index in [0.717, 1.165) is 0 Å². The van der Waals surface area contributed by atoms with Gasteiger partial charge in [-0.2, -0.15) is 0 Å². The van der Waals surface area contributed by atoms with Gasteiger partial charge in [0.05, 0.1) is 0 Å². The van der Waals surface area contributed by atoms with Crippen molar-refractivity contribution in [2.24, 2.45) is 0 Å². The van der Waals surface area contributed by atoms with E-state index in [1.54, 1.807) is 0 Å². The van der Waals surface area contributed by atoms with E-state index in [0.29, 0.717) is 0 Å². The van der Waals surface area contributed by atoms with Crippen molar-refractivity contribution in [1.29, 1.82) is 0 Å². The minimum atomic E-state index is -5.67. The Bertz CT molecular complexity index is 92.9. The second-order valence-electron chi connectivity index (χ2n) is 0.448. The van der Waals surface area contributed by atoms with Crippen LogP contribution in [0.5, 0.6) is 0 Å². The first-order valence-electron chi connectivity index (χ1n) is 0.698. The summed E-state index contributed by atoms with van der Waals surface area (Å²) in [6.07, 6.45) is 0. The normalized spacial score (nSPS) is 8.29. The molecule has 0 radical (unpaired) electrons. The van der Waals surface area contributed by atoms with Gasteiger partial charge in [0.1, 0.15) is 0 Å². The SMILES string of the molecule is [CaH2].[CaH2].[O]=[W](=[O])([OH])[OH]. The average molecular weight is 334 g/mol. The first-order valence-corrected chi connectivity index (χ1v) is 5.72. The zero-order valence-electron chi connectivity index (χ0n) is 2.12. The quantitative estimate of drug-likeness (QED) is 0.458. The molecule has 0 aliphatic rings. The molecule has 0 aromatic heterocycles. The van der Waals surface area contributed by atoms with Gasteiger partial charge in [-0.15, -0.1) is 0 Å². The van der Waals surface area contributed by atoms with E-state index in [4.69, 9.17) is 14.3 Å². The van der Waals surface area contributed by atoms with Crippen molar-refractivity contribution in [1.82, 2.24) is 0 Å². The summed E-state index contributed by atoms with van der Waals surface area (Å²) in [6, 6.07) is 0. The summed E-state index contributed by atoms with van der Waals surface area (Å²) in [4.78, 5) is 0. The monoisotopic (exact) mass is 334 g/mol. The maximum absolute atomic E-state index is 8.87. The van der Waals surface area contributed by atoms with Crippen molar-refractivity contribution in [2.45, 2.75) is 0 Å². The van der Waals surface area contributed by atoms with Crippen molar-refractivity contribution in [3.05, 3.63) is 0 Å². The maximum atomic E-state index is 8.87. The van der Waals surface area contributed by atoms with E-state index in [-0.39, 0.29) is 75.5 Å². The summed E-state index contributed by atoms with van der Waals surface area (Å²) in [5.41, 5.74) is 0. The predicted octanol–water partition coefficient (Wildman–Crippen LogP) is -3.19. The molecule has 0 amide bonds. The van der Waals surface area contributed by atoms with Crippen LogP contribution in [0, 0.1) is 0 Å². The van der Waals surface area contributed by atoms with Gasteiger partial charge in [0.2, 0.25) is 0 Å². The van der Waals surface area contributed by atoms with Gasteiger partial charge < -0.3 is 0 Å². The van der Waals surface area contributed by atoms with Crippen LogP contribution in [-0.2, 0) is 23.5 Å². The third-order valence-electron chi connectivity index (χ3n) is 0. The Morgan fingerprint density at radius 2 is 1.00 bits per heavy atom. The second-order valence-corrected chi connectivity index (χ2v) is 3.67. The molecule has 0 bridgehead atoms.